The summed E-state index contributed by atoms with van der Waals surface area (Å²) in [6.45, 7) is 1.90. The van der Waals surface area contributed by atoms with Crippen LogP contribution in [0, 0.1) is 6.92 Å². The van der Waals surface area contributed by atoms with Crippen molar-refractivity contribution in [2.24, 2.45) is 7.05 Å². The lowest BCUT2D eigenvalue weighted by atomic mass is 10.1. The van der Waals surface area contributed by atoms with Gasteiger partial charge in [0.2, 0.25) is 0 Å². The van der Waals surface area contributed by atoms with Crippen LogP contribution in [0.5, 0.6) is 11.5 Å². The summed E-state index contributed by atoms with van der Waals surface area (Å²) in [6.07, 6.45) is 0. The number of benzene rings is 1. The van der Waals surface area contributed by atoms with Crippen molar-refractivity contribution in [2.45, 2.75) is 6.92 Å². The zero-order chi connectivity index (χ0) is 14.9. The summed E-state index contributed by atoms with van der Waals surface area (Å²) in [5.41, 5.74) is 2.43. The maximum Gasteiger partial charge on any atom is 0.356 e. The van der Waals surface area contributed by atoms with Crippen LogP contribution in [-0.2, 0) is 7.05 Å². The molecule has 2 aromatic rings. The maximum absolute atomic E-state index is 11.0. The highest BCUT2D eigenvalue weighted by Crippen LogP contribution is 2.35. The average Bonchev–Trinajstić information content (AvgIpc) is 2.80. The minimum absolute atomic E-state index is 0.00920. The predicted molar refractivity (Wildman–Crippen MR) is 73.4 cm³/mol. The molecule has 1 aromatic carbocycles. The zero-order valence-corrected chi connectivity index (χ0v) is 11.8. The van der Waals surface area contributed by atoms with Gasteiger partial charge < -0.3 is 14.6 Å². The summed E-state index contributed by atoms with van der Waals surface area (Å²) in [5, 5.41) is 12.9. The maximum atomic E-state index is 11.0. The molecule has 0 radical (unpaired) electrons. The molecule has 0 unspecified atom stereocenters. The molecular weight excluding hydrogens is 260 g/mol. The Labute approximate surface area is 116 Å². The second-order valence-corrected chi connectivity index (χ2v) is 4.37. The monoisotopic (exact) mass is 276 g/mol. The fourth-order valence-corrected chi connectivity index (χ4v) is 2.14. The molecule has 0 saturated heterocycles. The van der Waals surface area contributed by atoms with Gasteiger partial charge in [0.25, 0.3) is 0 Å². The third kappa shape index (κ3) is 2.32. The van der Waals surface area contributed by atoms with Crippen LogP contribution in [-0.4, -0.2) is 35.1 Å². The fourth-order valence-electron chi connectivity index (χ4n) is 2.14. The first-order valence-corrected chi connectivity index (χ1v) is 5.98. The van der Waals surface area contributed by atoms with Crippen molar-refractivity contribution in [1.82, 2.24) is 9.78 Å². The lowest BCUT2D eigenvalue weighted by Gasteiger charge is -2.12. The smallest absolute Gasteiger partial charge is 0.356 e. The first-order chi connectivity index (χ1) is 9.47. The van der Waals surface area contributed by atoms with Gasteiger partial charge in [-0.05, 0) is 30.7 Å². The number of hydrogen-bond acceptors (Lipinski definition) is 4. The van der Waals surface area contributed by atoms with Gasteiger partial charge >= 0.3 is 5.97 Å². The van der Waals surface area contributed by atoms with Gasteiger partial charge in [0.1, 0.15) is 0 Å². The lowest BCUT2D eigenvalue weighted by Crippen LogP contribution is -1.99. The minimum atomic E-state index is -1.05. The number of nitrogens with zero attached hydrogens (tertiary/aromatic N) is 2. The highest BCUT2D eigenvalue weighted by Gasteiger charge is 2.16. The fraction of sp³-hybridized carbons (Fsp3) is 0.286. The normalized spacial score (nSPS) is 10.4. The van der Waals surface area contributed by atoms with Gasteiger partial charge in [-0.2, -0.15) is 5.10 Å². The first kappa shape index (κ1) is 13.9. The molecule has 2 rings (SSSR count). The van der Waals surface area contributed by atoms with Crippen molar-refractivity contribution in [3.05, 3.63) is 29.5 Å². The van der Waals surface area contributed by atoms with Gasteiger partial charge in [0, 0.05) is 12.6 Å². The Balaban J connectivity index is 2.58. The zero-order valence-electron chi connectivity index (χ0n) is 11.8. The third-order valence-corrected chi connectivity index (χ3v) is 3.06. The highest BCUT2D eigenvalue weighted by atomic mass is 16.5. The number of aryl methyl sites for hydroxylation is 2. The molecule has 1 heterocycles. The van der Waals surface area contributed by atoms with Crippen LogP contribution in [0.4, 0.5) is 0 Å². The predicted octanol–water partition coefficient (Wildman–Crippen LogP) is 2.11. The van der Waals surface area contributed by atoms with E-state index in [1.54, 1.807) is 27.3 Å². The number of aromatic carboxylic acids is 1. The Bertz CT molecular complexity index is 661. The topological polar surface area (TPSA) is 73.6 Å². The van der Waals surface area contributed by atoms with Crippen LogP contribution in [0.3, 0.4) is 0 Å². The number of ether oxygens (including phenoxy) is 2. The quantitative estimate of drug-likeness (QED) is 0.925. The summed E-state index contributed by atoms with van der Waals surface area (Å²) >= 11 is 0. The van der Waals surface area contributed by atoms with Crippen LogP contribution in [0.25, 0.3) is 11.3 Å². The first-order valence-electron chi connectivity index (χ1n) is 5.98. The Hall–Kier alpha value is -2.50. The van der Waals surface area contributed by atoms with Crippen LogP contribution < -0.4 is 9.47 Å². The second-order valence-electron chi connectivity index (χ2n) is 4.37. The molecule has 6 nitrogen and oxygen atoms in total. The molecule has 106 valence electrons. The molecule has 0 bridgehead atoms. The van der Waals surface area contributed by atoms with E-state index in [0.717, 1.165) is 11.1 Å². The van der Waals surface area contributed by atoms with Gasteiger partial charge in [0.05, 0.1) is 19.9 Å². The summed E-state index contributed by atoms with van der Waals surface area (Å²) in [7, 11) is 4.85. The van der Waals surface area contributed by atoms with Crippen molar-refractivity contribution in [3.63, 3.8) is 0 Å². The molecule has 0 atom stereocenters. The van der Waals surface area contributed by atoms with E-state index in [1.165, 1.54) is 10.7 Å². The number of aromatic nitrogens is 2. The molecular formula is C14H16N2O4. The number of carboxylic acid groups (broad SMARTS) is 1. The Morgan fingerprint density at radius 1 is 1.25 bits per heavy atom. The Kier molecular flexibility index (Phi) is 3.65. The van der Waals surface area contributed by atoms with Gasteiger partial charge in [-0.25, -0.2) is 4.79 Å². The standard InChI is InChI=1S/C14H16N2O4/c1-8-5-9(6-12(19-3)13(8)20-4)11-7-10(14(17)18)15-16(11)2/h5-7H,1-4H3,(H,17,18). The molecule has 1 aromatic heterocycles. The number of carbonyl (C=O) groups is 1. The van der Waals surface area contributed by atoms with Crippen molar-refractivity contribution >= 4 is 5.97 Å². The molecule has 1 N–H and O–H groups in total. The van der Waals surface area contributed by atoms with Gasteiger partial charge in [-0.15, -0.1) is 0 Å². The van der Waals surface area contributed by atoms with E-state index in [-0.39, 0.29) is 5.69 Å². The van der Waals surface area contributed by atoms with Gasteiger partial charge in [-0.1, -0.05) is 0 Å². The minimum Gasteiger partial charge on any atom is -0.493 e. The van der Waals surface area contributed by atoms with E-state index in [9.17, 15) is 4.79 Å². The largest absolute Gasteiger partial charge is 0.493 e. The molecule has 0 amide bonds. The van der Waals surface area contributed by atoms with Crippen LogP contribution in [0.15, 0.2) is 18.2 Å². The van der Waals surface area contributed by atoms with E-state index < -0.39 is 5.97 Å². The summed E-state index contributed by atoms with van der Waals surface area (Å²) < 4.78 is 12.1. The van der Waals surface area contributed by atoms with Crippen LogP contribution >= 0.6 is 0 Å². The number of methoxy groups -OCH3 is 2. The van der Waals surface area contributed by atoms with Crippen molar-refractivity contribution in [1.29, 1.82) is 0 Å². The Morgan fingerprint density at radius 2 is 1.95 bits per heavy atom. The summed E-state index contributed by atoms with van der Waals surface area (Å²) in [4.78, 5) is 11.0. The molecule has 0 spiro atoms. The van der Waals surface area contributed by atoms with Crippen molar-refractivity contribution in [2.75, 3.05) is 14.2 Å². The number of rotatable bonds is 4. The Morgan fingerprint density at radius 3 is 2.45 bits per heavy atom. The molecule has 0 aliphatic heterocycles. The van der Waals surface area contributed by atoms with Gasteiger partial charge in [-0.3, -0.25) is 4.68 Å². The average molecular weight is 276 g/mol. The second kappa shape index (κ2) is 5.24. The molecule has 0 fully saturated rings. The summed E-state index contributed by atoms with van der Waals surface area (Å²) in [6, 6.07) is 5.24. The van der Waals surface area contributed by atoms with E-state index in [2.05, 4.69) is 5.10 Å². The van der Waals surface area contributed by atoms with E-state index in [0.29, 0.717) is 17.2 Å². The van der Waals surface area contributed by atoms with Gasteiger partial charge in [0.15, 0.2) is 17.2 Å². The molecule has 0 saturated carbocycles. The van der Waals surface area contributed by atoms with Crippen LogP contribution in [0.1, 0.15) is 16.1 Å². The molecule has 6 heteroatoms. The van der Waals surface area contributed by atoms with Crippen molar-refractivity contribution < 1.29 is 19.4 Å². The summed E-state index contributed by atoms with van der Waals surface area (Å²) in [5.74, 6) is 0.210. The highest BCUT2D eigenvalue weighted by molar-refractivity contribution is 5.87. The van der Waals surface area contributed by atoms with E-state index >= 15 is 0 Å². The SMILES string of the molecule is COc1cc(-c2cc(C(=O)O)nn2C)cc(C)c1OC. The molecule has 20 heavy (non-hydrogen) atoms. The molecule has 0 aliphatic rings. The van der Waals surface area contributed by atoms with Crippen molar-refractivity contribution in [3.8, 4) is 22.8 Å². The van der Waals surface area contributed by atoms with E-state index in [1.807, 2.05) is 13.0 Å². The third-order valence-electron chi connectivity index (χ3n) is 3.06. The lowest BCUT2D eigenvalue weighted by molar-refractivity contribution is 0.0689. The van der Waals surface area contributed by atoms with Crippen LogP contribution in [0.2, 0.25) is 0 Å². The number of hydrogen-bond donors (Lipinski definition) is 1. The van der Waals surface area contributed by atoms with E-state index in [4.69, 9.17) is 14.6 Å². The molecule has 0 aliphatic carbocycles. The number of carboxylic acids is 1.